The molecule has 1 aliphatic rings. The predicted octanol–water partition coefficient (Wildman–Crippen LogP) is 7.85. The fourth-order valence-corrected chi connectivity index (χ4v) is 6.21. The Bertz CT molecular complexity index is 1040. The van der Waals surface area contributed by atoms with Crippen LogP contribution in [0, 0.1) is 0 Å². The maximum atomic E-state index is 13.4. The Morgan fingerprint density at radius 1 is 1.14 bits per heavy atom. The number of carbonyl (C=O) groups is 1. The normalized spacial score (nSPS) is 12.6. The van der Waals surface area contributed by atoms with Crippen molar-refractivity contribution in [3.05, 3.63) is 69.6 Å². The molecule has 0 radical (unpaired) electrons. The van der Waals surface area contributed by atoms with Crippen molar-refractivity contribution in [2.24, 2.45) is 0 Å². The third-order valence-electron chi connectivity index (χ3n) is 5.16. The summed E-state index contributed by atoms with van der Waals surface area (Å²) < 4.78 is 0. The van der Waals surface area contributed by atoms with E-state index < -0.39 is 0 Å². The zero-order chi connectivity index (χ0) is 20.5. The number of anilines is 1. The van der Waals surface area contributed by atoms with Crippen LogP contribution < -0.4 is 4.90 Å². The fraction of sp³-hybridized carbons (Fsp3) is 0.292. The lowest BCUT2D eigenvalue weighted by atomic mass is 10.0. The first-order chi connectivity index (χ1) is 14.0. The minimum absolute atomic E-state index is 0.0871. The van der Waals surface area contributed by atoms with Crippen molar-refractivity contribution in [2.45, 2.75) is 43.8 Å². The third kappa shape index (κ3) is 4.11. The molecule has 2 aromatic carbocycles. The smallest absolute Gasteiger partial charge is 0.268 e. The lowest BCUT2D eigenvalue weighted by molar-refractivity contribution is 0.0990. The average Bonchev–Trinajstić information content (AvgIpc) is 3.16. The lowest BCUT2D eigenvalue weighted by Crippen LogP contribution is -2.31. The van der Waals surface area contributed by atoms with Crippen molar-refractivity contribution in [3.8, 4) is 10.4 Å². The van der Waals surface area contributed by atoms with Crippen LogP contribution in [0.25, 0.3) is 10.4 Å². The summed E-state index contributed by atoms with van der Waals surface area (Å²) >= 11 is 9.55. The van der Waals surface area contributed by atoms with E-state index in [0.29, 0.717) is 12.5 Å². The first-order valence-corrected chi connectivity index (χ1v) is 12.1. The van der Waals surface area contributed by atoms with E-state index in [1.165, 1.54) is 26.5 Å². The van der Waals surface area contributed by atoms with E-state index >= 15 is 0 Å². The van der Waals surface area contributed by atoms with E-state index in [1.54, 1.807) is 23.1 Å². The van der Waals surface area contributed by atoms with Crippen LogP contribution >= 0.6 is 34.7 Å². The average molecular weight is 442 g/mol. The molecule has 0 atom stereocenters. The molecule has 3 aromatic rings. The van der Waals surface area contributed by atoms with E-state index in [0.717, 1.165) is 27.8 Å². The second-order valence-corrected chi connectivity index (χ2v) is 10.1. The van der Waals surface area contributed by atoms with Crippen molar-refractivity contribution >= 4 is 46.3 Å². The summed E-state index contributed by atoms with van der Waals surface area (Å²) in [5.74, 6) is 1.45. The monoisotopic (exact) mass is 441 g/mol. The van der Waals surface area contributed by atoms with Gasteiger partial charge in [0.2, 0.25) is 0 Å². The molecule has 0 spiro atoms. The third-order valence-corrected chi connectivity index (χ3v) is 7.69. The Kier molecular flexibility index (Phi) is 6.05. The molecule has 4 rings (SSSR count). The maximum absolute atomic E-state index is 13.4. The number of hydrogen-bond acceptors (Lipinski definition) is 3. The van der Waals surface area contributed by atoms with E-state index in [2.05, 4.69) is 57.2 Å². The first-order valence-electron chi connectivity index (χ1n) is 9.95. The number of thiophene rings is 1. The van der Waals surface area contributed by atoms with Gasteiger partial charge in [0.25, 0.3) is 5.91 Å². The quantitative estimate of drug-likeness (QED) is 0.401. The molecule has 2 nitrogen and oxygen atoms in total. The summed E-state index contributed by atoms with van der Waals surface area (Å²) in [5, 5.41) is 0.756. The topological polar surface area (TPSA) is 20.3 Å². The van der Waals surface area contributed by atoms with Gasteiger partial charge in [-0.25, -0.2) is 0 Å². The zero-order valence-corrected chi connectivity index (χ0v) is 19.3. The molecule has 1 aromatic heterocycles. The number of carbonyl (C=O) groups excluding carboxylic acids is 1. The molecule has 2 heterocycles. The van der Waals surface area contributed by atoms with E-state index in [-0.39, 0.29) is 5.91 Å². The highest BCUT2D eigenvalue weighted by molar-refractivity contribution is 7.98. The predicted molar refractivity (Wildman–Crippen MR) is 127 cm³/mol. The van der Waals surface area contributed by atoms with Crippen molar-refractivity contribution in [1.82, 2.24) is 0 Å². The van der Waals surface area contributed by atoms with Gasteiger partial charge in [-0.1, -0.05) is 50.6 Å². The van der Waals surface area contributed by atoms with Gasteiger partial charge < -0.3 is 4.90 Å². The van der Waals surface area contributed by atoms with Crippen LogP contribution in [0.3, 0.4) is 0 Å². The van der Waals surface area contributed by atoms with Gasteiger partial charge >= 0.3 is 0 Å². The van der Waals surface area contributed by atoms with Crippen molar-refractivity contribution < 1.29 is 4.79 Å². The number of halogens is 1. The van der Waals surface area contributed by atoms with Crippen molar-refractivity contribution in [1.29, 1.82) is 0 Å². The van der Waals surface area contributed by atoms with Gasteiger partial charge in [-0.3, -0.25) is 4.79 Å². The van der Waals surface area contributed by atoms with Crippen LogP contribution in [0.5, 0.6) is 0 Å². The van der Waals surface area contributed by atoms with Crippen molar-refractivity contribution in [2.75, 3.05) is 11.4 Å². The fourth-order valence-electron chi connectivity index (χ4n) is 3.57. The highest BCUT2D eigenvalue weighted by atomic mass is 35.5. The van der Waals surface area contributed by atoms with Gasteiger partial charge in [-0.05, 0) is 53.8 Å². The van der Waals surface area contributed by atoms with Gasteiger partial charge in [0.15, 0.2) is 0 Å². The number of benzene rings is 2. The largest absolute Gasteiger partial charge is 0.308 e. The molecule has 1 amide bonds. The molecule has 0 N–H and O–H groups in total. The zero-order valence-electron chi connectivity index (χ0n) is 16.9. The number of rotatable bonds is 5. The van der Waals surface area contributed by atoms with Crippen LogP contribution in [-0.2, 0) is 5.75 Å². The van der Waals surface area contributed by atoms with Crippen LogP contribution in [0.15, 0.2) is 53.4 Å². The van der Waals surface area contributed by atoms with Crippen molar-refractivity contribution in [3.63, 3.8) is 0 Å². The second-order valence-electron chi connectivity index (χ2n) is 7.60. The second kappa shape index (κ2) is 8.55. The molecule has 0 saturated heterocycles. The molecule has 0 bridgehead atoms. The molecule has 0 fully saturated rings. The SMILES string of the molecule is CCCN(C(=O)c1cc2c(s1)-c1ccc(Cl)cc1SC2)c1ccc(C(C)C)cc1. The minimum Gasteiger partial charge on any atom is -0.308 e. The Balaban J connectivity index is 1.67. The molecule has 29 heavy (non-hydrogen) atoms. The molecule has 0 unspecified atom stereocenters. The van der Waals surface area contributed by atoms with Gasteiger partial charge in [0.05, 0.1) is 4.88 Å². The van der Waals surface area contributed by atoms with Crippen LogP contribution in [0.2, 0.25) is 5.02 Å². The Morgan fingerprint density at radius 2 is 1.90 bits per heavy atom. The number of fused-ring (bicyclic) bond motifs is 3. The van der Waals surface area contributed by atoms with Gasteiger partial charge in [-0.15, -0.1) is 23.1 Å². The number of thioether (sulfide) groups is 1. The highest BCUT2D eigenvalue weighted by Gasteiger charge is 2.25. The summed E-state index contributed by atoms with van der Waals surface area (Å²) in [4.78, 5) is 18.6. The Morgan fingerprint density at radius 3 is 2.59 bits per heavy atom. The maximum Gasteiger partial charge on any atom is 0.268 e. The molecule has 150 valence electrons. The Labute approximate surface area is 185 Å². The summed E-state index contributed by atoms with van der Waals surface area (Å²) in [6, 6.07) is 16.5. The Hall–Kier alpha value is -1.75. The lowest BCUT2D eigenvalue weighted by Gasteiger charge is -2.22. The molecule has 5 heteroatoms. The van der Waals surface area contributed by atoms with E-state index in [4.69, 9.17) is 11.6 Å². The summed E-state index contributed by atoms with van der Waals surface area (Å²) in [6.45, 7) is 7.19. The highest BCUT2D eigenvalue weighted by Crippen LogP contribution is 2.46. The van der Waals surface area contributed by atoms with Crippen LogP contribution in [0.1, 0.15) is 53.9 Å². The first kappa shape index (κ1) is 20.5. The number of nitrogens with zero attached hydrogens (tertiary/aromatic N) is 1. The molecular weight excluding hydrogens is 418 g/mol. The standard InChI is InChI=1S/C24H24ClNOS2/c1-4-11-26(19-8-5-16(6-9-19)15(2)3)24(27)22-12-17-14-28-21-13-18(25)7-10-20(21)23(17)29-22/h5-10,12-13,15H,4,11,14H2,1-3H3. The number of amides is 1. The van der Waals surface area contributed by atoms with E-state index in [1.807, 2.05) is 17.0 Å². The summed E-state index contributed by atoms with van der Waals surface area (Å²) in [7, 11) is 0. The molecule has 1 aliphatic heterocycles. The van der Waals surface area contributed by atoms with Crippen LogP contribution in [0.4, 0.5) is 5.69 Å². The number of hydrogen-bond donors (Lipinski definition) is 0. The minimum atomic E-state index is 0.0871. The van der Waals surface area contributed by atoms with Gasteiger partial charge in [0.1, 0.15) is 0 Å². The molecule has 0 saturated carbocycles. The summed E-state index contributed by atoms with van der Waals surface area (Å²) in [6.07, 6.45) is 0.917. The summed E-state index contributed by atoms with van der Waals surface area (Å²) in [5.41, 5.74) is 4.68. The molecular formula is C24H24ClNOS2. The molecule has 0 aliphatic carbocycles. The van der Waals surface area contributed by atoms with Gasteiger partial charge in [-0.2, -0.15) is 0 Å². The van der Waals surface area contributed by atoms with Crippen LogP contribution in [-0.4, -0.2) is 12.5 Å². The van der Waals surface area contributed by atoms with Gasteiger partial charge in [0, 0.05) is 38.3 Å². The van der Waals surface area contributed by atoms with E-state index in [9.17, 15) is 4.79 Å².